The highest BCUT2D eigenvalue weighted by atomic mass is 15.2. The number of aryl methyl sites for hydroxylation is 1. The van der Waals surface area contributed by atoms with Crippen LogP contribution in [-0.4, -0.2) is 15.6 Å². The Bertz CT molecular complexity index is 302. The van der Waals surface area contributed by atoms with E-state index in [4.69, 9.17) is 0 Å². The zero-order valence-electron chi connectivity index (χ0n) is 10.5. The van der Waals surface area contributed by atoms with Crippen molar-refractivity contribution in [1.82, 2.24) is 9.55 Å². The van der Waals surface area contributed by atoms with Gasteiger partial charge in [0.1, 0.15) is 0 Å². The zero-order valence-corrected chi connectivity index (χ0v) is 10.5. The lowest BCUT2D eigenvalue weighted by atomic mass is 10.2. The van der Waals surface area contributed by atoms with Gasteiger partial charge in [0.25, 0.3) is 0 Å². The molecule has 1 rings (SSSR count). The second-order valence-electron chi connectivity index (χ2n) is 4.71. The summed E-state index contributed by atoms with van der Waals surface area (Å²) in [6, 6.07) is 0.484. The van der Waals surface area contributed by atoms with Crippen LogP contribution in [0.2, 0.25) is 0 Å². The van der Waals surface area contributed by atoms with Gasteiger partial charge in [-0.15, -0.1) is 0 Å². The Labute approximate surface area is 92.9 Å². The fourth-order valence-electron chi connectivity index (χ4n) is 1.52. The number of hydrogen-bond donors (Lipinski definition) is 1. The Morgan fingerprint density at radius 1 is 1.40 bits per heavy atom. The second kappa shape index (κ2) is 5.19. The highest BCUT2D eigenvalue weighted by molar-refractivity contribution is 5.29. The Morgan fingerprint density at radius 3 is 2.60 bits per heavy atom. The number of nitrogens with one attached hydrogen (secondary N) is 1. The van der Waals surface area contributed by atoms with Crippen molar-refractivity contribution in [2.45, 2.75) is 53.6 Å². The number of anilines is 1. The largest absolute Gasteiger partial charge is 0.353 e. The minimum absolute atomic E-state index is 0.484. The third-order valence-electron chi connectivity index (χ3n) is 2.45. The molecule has 1 heterocycles. The van der Waals surface area contributed by atoms with Crippen LogP contribution in [0.3, 0.4) is 0 Å². The van der Waals surface area contributed by atoms with Crippen LogP contribution in [0.1, 0.15) is 39.8 Å². The Morgan fingerprint density at radius 2 is 2.07 bits per heavy atom. The summed E-state index contributed by atoms with van der Waals surface area (Å²) in [6.45, 7) is 11.9. The quantitative estimate of drug-likeness (QED) is 0.807. The van der Waals surface area contributed by atoms with Gasteiger partial charge in [0.05, 0.1) is 5.69 Å². The minimum Gasteiger partial charge on any atom is -0.353 e. The first-order chi connectivity index (χ1) is 7.02. The molecule has 1 atom stereocenters. The first-order valence-corrected chi connectivity index (χ1v) is 5.83. The summed E-state index contributed by atoms with van der Waals surface area (Å²) >= 11 is 0. The molecule has 1 aromatic heterocycles. The van der Waals surface area contributed by atoms with E-state index < -0.39 is 0 Å². The lowest BCUT2D eigenvalue weighted by molar-refractivity contribution is 0.523. The fourth-order valence-corrected chi connectivity index (χ4v) is 1.52. The maximum Gasteiger partial charge on any atom is 0.203 e. The van der Waals surface area contributed by atoms with Gasteiger partial charge in [0.15, 0.2) is 0 Å². The minimum atomic E-state index is 0.484. The lowest BCUT2D eigenvalue weighted by Gasteiger charge is -2.15. The highest BCUT2D eigenvalue weighted by Crippen LogP contribution is 2.13. The average Bonchev–Trinajstić information content (AvgIpc) is 2.45. The van der Waals surface area contributed by atoms with Crippen molar-refractivity contribution in [1.29, 1.82) is 0 Å². The van der Waals surface area contributed by atoms with E-state index in [-0.39, 0.29) is 0 Å². The molecule has 0 radical (unpaired) electrons. The zero-order chi connectivity index (χ0) is 11.4. The summed E-state index contributed by atoms with van der Waals surface area (Å²) in [7, 11) is 0. The number of imidazole rings is 1. The topological polar surface area (TPSA) is 29.9 Å². The standard InChI is InChI=1S/C12H23N3/c1-6-10(4)13-12-14-11(5)8-15(12)7-9(2)3/h8-10H,6-7H2,1-5H3,(H,13,14). The number of rotatable bonds is 5. The van der Waals surface area contributed by atoms with Gasteiger partial charge in [-0.05, 0) is 26.2 Å². The monoisotopic (exact) mass is 209 g/mol. The van der Waals surface area contributed by atoms with Crippen molar-refractivity contribution in [3.05, 3.63) is 11.9 Å². The predicted molar refractivity (Wildman–Crippen MR) is 65.2 cm³/mol. The lowest BCUT2D eigenvalue weighted by Crippen LogP contribution is -2.18. The van der Waals surface area contributed by atoms with Gasteiger partial charge in [0, 0.05) is 18.8 Å². The van der Waals surface area contributed by atoms with Crippen LogP contribution >= 0.6 is 0 Å². The summed E-state index contributed by atoms with van der Waals surface area (Å²) in [6.07, 6.45) is 3.23. The van der Waals surface area contributed by atoms with Gasteiger partial charge in [-0.2, -0.15) is 0 Å². The molecule has 0 saturated heterocycles. The average molecular weight is 209 g/mol. The van der Waals surface area contributed by atoms with Gasteiger partial charge < -0.3 is 9.88 Å². The molecular formula is C12H23N3. The first-order valence-electron chi connectivity index (χ1n) is 5.83. The SMILES string of the molecule is CCC(C)Nc1nc(C)cn1CC(C)C. The normalized spacial score (nSPS) is 13.2. The van der Waals surface area contributed by atoms with Crippen LogP contribution in [0.5, 0.6) is 0 Å². The van der Waals surface area contributed by atoms with Crippen molar-refractivity contribution in [2.75, 3.05) is 5.32 Å². The Hall–Kier alpha value is -0.990. The number of hydrogen-bond acceptors (Lipinski definition) is 2. The van der Waals surface area contributed by atoms with E-state index in [0.29, 0.717) is 12.0 Å². The van der Waals surface area contributed by atoms with E-state index >= 15 is 0 Å². The summed E-state index contributed by atoms with van der Waals surface area (Å²) in [5.41, 5.74) is 1.08. The van der Waals surface area contributed by atoms with Crippen molar-refractivity contribution >= 4 is 5.95 Å². The molecule has 86 valence electrons. The van der Waals surface area contributed by atoms with Crippen molar-refractivity contribution in [3.8, 4) is 0 Å². The smallest absolute Gasteiger partial charge is 0.203 e. The van der Waals surface area contributed by atoms with E-state index in [1.807, 2.05) is 6.92 Å². The van der Waals surface area contributed by atoms with Crippen molar-refractivity contribution < 1.29 is 0 Å². The van der Waals surface area contributed by atoms with Crippen molar-refractivity contribution in [3.63, 3.8) is 0 Å². The molecule has 1 aromatic rings. The molecule has 3 heteroatoms. The van der Waals surface area contributed by atoms with Gasteiger partial charge in [0.2, 0.25) is 5.95 Å². The first kappa shape index (κ1) is 12.1. The predicted octanol–water partition coefficient (Wildman–Crippen LogP) is 3.06. The molecule has 1 N–H and O–H groups in total. The molecule has 0 spiro atoms. The van der Waals surface area contributed by atoms with Crippen LogP contribution in [0.25, 0.3) is 0 Å². The highest BCUT2D eigenvalue weighted by Gasteiger charge is 2.08. The summed E-state index contributed by atoms with van der Waals surface area (Å²) in [5, 5.41) is 3.44. The molecule has 0 aliphatic rings. The molecule has 1 unspecified atom stereocenters. The van der Waals surface area contributed by atoms with E-state index in [1.165, 1.54) is 0 Å². The molecule has 0 saturated carbocycles. The Kier molecular flexibility index (Phi) is 4.18. The summed E-state index contributed by atoms with van der Waals surface area (Å²) < 4.78 is 2.21. The van der Waals surface area contributed by atoms with Crippen LogP contribution in [0.4, 0.5) is 5.95 Å². The maximum absolute atomic E-state index is 4.50. The molecule has 0 amide bonds. The van der Waals surface area contributed by atoms with E-state index in [1.54, 1.807) is 0 Å². The molecular weight excluding hydrogens is 186 g/mol. The molecule has 0 aromatic carbocycles. The maximum atomic E-state index is 4.50. The van der Waals surface area contributed by atoms with Gasteiger partial charge in [-0.25, -0.2) is 4.98 Å². The molecule has 0 aliphatic heterocycles. The van der Waals surface area contributed by atoms with Gasteiger partial charge in [-0.3, -0.25) is 0 Å². The number of aromatic nitrogens is 2. The molecule has 0 fully saturated rings. The second-order valence-corrected chi connectivity index (χ2v) is 4.71. The third kappa shape index (κ3) is 3.57. The fraction of sp³-hybridized carbons (Fsp3) is 0.750. The third-order valence-corrected chi connectivity index (χ3v) is 2.45. The Balaban J connectivity index is 2.76. The van der Waals surface area contributed by atoms with E-state index in [9.17, 15) is 0 Å². The van der Waals surface area contributed by atoms with Crippen molar-refractivity contribution in [2.24, 2.45) is 5.92 Å². The van der Waals surface area contributed by atoms with E-state index in [0.717, 1.165) is 24.6 Å². The molecule has 15 heavy (non-hydrogen) atoms. The molecule has 0 aliphatic carbocycles. The van der Waals surface area contributed by atoms with Crippen LogP contribution < -0.4 is 5.32 Å². The molecule has 0 bridgehead atoms. The van der Waals surface area contributed by atoms with Gasteiger partial charge in [-0.1, -0.05) is 20.8 Å². The van der Waals surface area contributed by atoms with Crippen LogP contribution in [-0.2, 0) is 6.54 Å². The number of nitrogens with zero attached hydrogens (tertiary/aromatic N) is 2. The summed E-state index contributed by atoms with van der Waals surface area (Å²) in [5.74, 6) is 1.66. The molecule has 3 nitrogen and oxygen atoms in total. The van der Waals surface area contributed by atoms with Crippen LogP contribution in [0.15, 0.2) is 6.20 Å². The van der Waals surface area contributed by atoms with Gasteiger partial charge >= 0.3 is 0 Å². The van der Waals surface area contributed by atoms with Crippen LogP contribution in [0, 0.1) is 12.8 Å². The summed E-state index contributed by atoms with van der Waals surface area (Å²) in [4.78, 5) is 4.50. The van der Waals surface area contributed by atoms with E-state index in [2.05, 4.69) is 48.8 Å².